The second-order valence-corrected chi connectivity index (χ2v) is 14.4. The summed E-state index contributed by atoms with van der Waals surface area (Å²) < 4.78 is 22.9. The lowest BCUT2D eigenvalue weighted by molar-refractivity contribution is 0.540. The summed E-state index contributed by atoms with van der Waals surface area (Å²) in [5.41, 5.74) is 1.42. The number of rotatable bonds is 8. The molecule has 50 heavy (non-hydrogen) atoms. The first-order valence-corrected chi connectivity index (χ1v) is 18.6. The van der Waals surface area contributed by atoms with Crippen LogP contribution in [0.15, 0.2) is 111 Å². The highest BCUT2D eigenvalue weighted by atomic mass is 35.5. The molecule has 0 spiro atoms. The van der Waals surface area contributed by atoms with Crippen molar-refractivity contribution in [3.8, 4) is 0 Å². The monoisotopic (exact) mass is 756 g/mol. The lowest BCUT2D eigenvalue weighted by Crippen LogP contribution is -2.18. The quantitative estimate of drug-likeness (QED) is 0.0935. The predicted molar refractivity (Wildman–Crippen MR) is 199 cm³/mol. The number of nitrogens with one attached hydrogen (secondary N) is 2. The van der Waals surface area contributed by atoms with Crippen LogP contribution in [0.4, 0.5) is 0 Å². The van der Waals surface area contributed by atoms with Gasteiger partial charge in [0.2, 0.25) is 16.6 Å². The molecule has 6 rings (SSSR count). The van der Waals surface area contributed by atoms with Gasteiger partial charge >= 0.3 is 11.3 Å². The number of aromatic nitrogens is 4. The van der Waals surface area contributed by atoms with Crippen molar-refractivity contribution in [1.29, 1.82) is 0 Å². The summed E-state index contributed by atoms with van der Waals surface area (Å²) in [6.07, 6.45) is 1.06. The minimum absolute atomic E-state index is 0.000237. The number of nitrogens with zero attached hydrogens (tertiary/aromatic N) is 2. The molecule has 0 aliphatic heterocycles. The molecule has 0 saturated heterocycles. The summed E-state index contributed by atoms with van der Waals surface area (Å²) >= 11 is 10.9. The topological polar surface area (TPSA) is 169 Å². The van der Waals surface area contributed by atoms with Gasteiger partial charge in [-0.3, -0.25) is 18.8 Å². The SMILES string of the molecule is CCc1cc(=O)oc2nc(S(=O)C(C)c3ccccc3)[nH]c(=O)c12.CCc1cc(=O)oc2nc(SC(C)c3ccccc3)[nH]c(=O)c12.ClCCl. The van der Waals surface area contributed by atoms with E-state index in [0.29, 0.717) is 34.5 Å². The van der Waals surface area contributed by atoms with Crippen molar-refractivity contribution in [2.75, 3.05) is 5.34 Å². The Morgan fingerprint density at radius 1 is 0.740 bits per heavy atom. The third kappa shape index (κ3) is 9.48. The Hall–Kier alpha value is -4.30. The second-order valence-electron chi connectivity index (χ2n) is 10.6. The zero-order valence-corrected chi connectivity index (χ0v) is 30.7. The van der Waals surface area contributed by atoms with Crippen LogP contribution in [0.1, 0.15) is 60.4 Å². The first-order chi connectivity index (χ1) is 24.0. The molecule has 3 atom stereocenters. The molecule has 4 heterocycles. The van der Waals surface area contributed by atoms with E-state index in [1.54, 1.807) is 6.92 Å². The van der Waals surface area contributed by atoms with Crippen LogP contribution >= 0.6 is 35.0 Å². The summed E-state index contributed by atoms with van der Waals surface area (Å²) in [4.78, 5) is 61.7. The molecule has 2 aromatic carbocycles. The minimum atomic E-state index is -1.59. The Morgan fingerprint density at radius 3 is 1.70 bits per heavy atom. The second kappa shape index (κ2) is 18.1. The number of hydrogen-bond donors (Lipinski definition) is 2. The number of thioether (sulfide) groups is 1. The van der Waals surface area contributed by atoms with Crippen LogP contribution in [0.2, 0.25) is 0 Å². The van der Waals surface area contributed by atoms with Gasteiger partial charge in [0.1, 0.15) is 10.8 Å². The average Bonchev–Trinajstić information content (AvgIpc) is 3.11. The molecule has 11 nitrogen and oxygen atoms in total. The molecule has 0 amide bonds. The fourth-order valence-corrected chi connectivity index (χ4v) is 6.96. The number of aromatic amines is 2. The fraction of sp³-hybridized carbons (Fsp3) is 0.257. The molecular formula is C35H34Cl2N4O7S2. The standard InChI is InChI=1S/C17H16N2O4S.C17H16N2O3S.CH2Cl2/c1-3-11-9-13(20)23-16-14(11)15(21)18-17(19-16)24(22)10(2)12-7-5-4-6-8-12;1-3-11-9-13(20)22-16-14(11)15(21)18-17(19-16)23-10(2)12-7-5-4-6-8-12;2-1-3/h4-10H,3H2,1-2H3,(H,18,19,21);4-10H,3H2,1-2H3,(H,18,19,21);1H2. The van der Waals surface area contributed by atoms with Gasteiger partial charge in [0.25, 0.3) is 11.1 Å². The molecular weight excluding hydrogens is 723 g/mol. The van der Waals surface area contributed by atoms with Crippen LogP contribution in [0.25, 0.3) is 22.2 Å². The summed E-state index contributed by atoms with van der Waals surface area (Å²) in [6.45, 7) is 7.53. The summed E-state index contributed by atoms with van der Waals surface area (Å²) in [5.74, 6) is 0. The molecule has 0 fully saturated rings. The predicted octanol–water partition coefficient (Wildman–Crippen LogP) is 7.02. The largest absolute Gasteiger partial charge is 0.403 e. The van der Waals surface area contributed by atoms with Crippen LogP contribution in [0, 0.1) is 0 Å². The Labute approximate surface area is 303 Å². The number of benzene rings is 2. The van der Waals surface area contributed by atoms with Gasteiger partial charge in [-0.15, -0.1) is 23.2 Å². The number of fused-ring (bicyclic) bond motifs is 2. The van der Waals surface area contributed by atoms with Crippen LogP contribution in [0.5, 0.6) is 0 Å². The van der Waals surface area contributed by atoms with Crippen LogP contribution < -0.4 is 22.4 Å². The van der Waals surface area contributed by atoms with E-state index < -0.39 is 27.6 Å². The number of aryl methyl sites for hydroxylation is 2. The molecule has 0 aliphatic rings. The molecule has 2 N–H and O–H groups in total. The average molecular weight is 758 g/mol. The van der Waals surface area contributed by atoms with E-state index in [1.165, 1.54) is 23.9 Å². The molecule has 0 saturated carbocycles. The number of hydrogen-bond acceptors (Lipinski definition) is 10. The van der Waals surface area contributed by atoms with E-state index in [0.717, 1.165) is 11.1 Å². The first kappa shape index (κ1) is 38.5. The Balaban J connectivity index is 0.000000209. The van der Waals surface area contributed by atoms with E-state index in [9.17, 15) is 23.4 Å². The van der Waals surface area contributed by atoms with E-state index in [1.807, 2.05) is 81.4 Å². The van der Waals surface area contributed by atoms with Crippen LogP contribution in [0.3, 0.4) is 0 Å². The van der Waals surface area contributed by atoms with Crippen molar-refractivity contribution < 1.29 is 13.0 Å². The normalized spacial score (nSPS) is 12.7. The van der Waals surface area contributed by atoms with Crippen molar-refractivity contribution in [3.05, 3.63) is 137 Å². The van der Waals surface area contributed by atoms with Gasteiger partial charge in [-0.25, -0.2) is 9.59 Å². The van der Waals surface area contributed by atoms with Crippen molar-refractivity contribution >= 4 is 68.0 Å². The highest BCUT2D eigenvalue weighted by Gasteiger charge is 2.21. The van der Waals surface area contributed by atoms with Gasteiger partial charge in [0.05, 0.1) is 21.4 Å². The Morgan fingerprint density at radius 2 is 1.20 bits per heavy atom. The van der Waals surface area contributed by atoms with E-state index >= 15 is 0 Å². The zero-order valence-electron chi connectivity index (χ0n) is 27.5. The lowest BCUT2D eigenvalue weighted by atomic mass is 10.1. The highest BCUT2D eigenvalue weighted by molar-refractivity contribution is 7.99. The molecule has 4 aromatic heterocycles. The molecule has 3 unspecified atom stereocenters. The maximum atomic E-state index is 12.7. The molecule has 262 valence electrons. The smallest absolute Gasteiger partial charge is 0.337 e. The van der Waals surface area contributed by atoms with Gasteiger partial charge in [0.15, 0.2) is 5.16 Å². The summed E-state index contributed by atoms with van der Waals surface area (Å²) in [6, 6.07) is 21.9. The van der Waals surface area contributed by atoms with Gasteiger partial charge in [-0.1, -0.05) is 86.3 Å². The first-order valence-electron chi connectivity index (χ1n) is 15.4. The minimum Gasteiger partial charge on any atom is -0.403 e. The maximum Gasteiger partial charge on any atom is 0.337 e. The van der Waals surface area contributed by atoms with Gasteiger partial charge in [-0.05, 0) is 48.9 Å². The van der Waals surface area contributed by atoms with Gasteiger partial charge in [-0.2, -0.15) is 9.97 Å². The number of H-pyrrole nitrogens is 2. The van der Waals surface area contributed by atoms with Crippen LogP contribution in [-0.4, -0.2) is 29.5 Å². The van der Waals surface area contributed by atoms with Crippen molar-refractivity contribution in [2.45, 2.75) is 61.3 Å². The van der Waals surface area contributed by atoms with Crippen LogP contribution in [-0.2, 0) is 23.6 Å². The third-order valence-electron chi connectivity index (χ3n) is 7.45. The third-order valence-corrected chi connectivity index (χ3v) is 9.98. The zero-order chi connectivity index (χ0) is 36.4. The lowest BCUT2D eigenvalue weighted by Gasteiger charge is -2.11. The number of alkyl halides is 2. The van der Waals surface area contributed by atoms with Crippen molar-refractivity contribution in [2.24, 2.45) is 0 Å². The summed E-state index contributed by atoms with van der Waals surface area (Å²) in [7, 11) is -1.59. The molecule has 0 radical (unpaired) electrons. The molecule has 6 aromatic rings. The summed E-state index contributed by atoms with van der Waals surface area (Å²) in [5, 5.41) is 0.954. The van der Waals surface area contributed by atoms with Gasteiger partial charge in [0, 0.05) is 17.4 Å². The van der Waals surface area contributed by atoms with Gasteiger partial charge < -0.3 is 13.8 Å². The highest BCUT2D eigenvalue weighted by Crippen LogP contribution is 2.32. The fourth-order valence-electron chi connectivity index (χ4n) is 4.94. The maximum absolute atomic E-state index is 12.7. The van der Waals surface area contributed by atoms with E-state index in [4.69, 9.17) is 32.0 Å². The Kier molecular flexibility index (Phi) is 13.9. The number of halogens is 2. The van der Waals surface area contributed by atoms with E-state index in [2.05, 4.69) is 19.9 Å². The Bertz CT molecular complexity index is 2330. The molecule has 0 aliphatic carbocycles. The molecule has 0 bridgehead atoms. The van der Waals surface area contributed by atoms with E-state index in [-0.39, 0.29) is 43.4 Å². The molecule has 15 heteroatoms. The van der Waals surface area contributed by atoms with Crippen molar-refractivity contribution in [3.63, 3.8) is 0 Å². The van der Waals surface area contributed by atoms with Crippen molar-refractivity contribution in [1.82, 2.24) is 19.9 Å².